The van der Waals surface area contributed by atoms with Gasteiger partial charge in [0, 0.05) is 36.6 Å². The van der Waals surface area contributed by atoms with Gasteiger partial charge in [-0.2, -0.15) is 5.10 Å². The molecule has 1 fully saturated rings. The molecule has 3 N–H and O–H groups in total. The molecule has 0 saturated carbocycles. The molecule has 1 aliphatic rings. The summed E-state index contributed by atoms with van der Waals surface area (Å²) in [6.45, 7) is 16.1. The Bertz CT molecular complexity index is 1660. The number of nitrogens with one attached hydrogen (secondary N) is 3. The molecular weight excluding hydrogens is 626 g/mol. The molecule has 1 atom stereocenters. The lowest BCUT2D eigenvalue weighted by atomic mass is 9.85. The largest absolute Gasteiger partial charge is 0.494 e. The Morgan fingerprint density at radius 2 is 1.71 bits per heavy atom. The minimum Gasteiger partial charge on any atom is -0.494 e. The van der Waals surface area contributed by atoms with Crippen molar-refractivity contribution in [3.05, 3.63) is 65.2 Å². The van der Waals surface area contributed by atoms with Crippen molar-refractivity contribution in [2.24, 2.45) is 5.10 Å². The van der Waals surface area contributed by atoms with Gasteiger partial charge in [0.25, 0.3) is 11.8 Å². The second-order valence-electron chi connectivity index (χ2n) is 12.8. The SMILES string of the molecule is CCOC(=O)NN=C(C(=O)Nc1cc(C(C)(C)C)cc(C(=O)NC(C)CC)c1OC)c1ccc(OCCN2CCOCC2)c2ccccc12. The average Bonchev–Trinajstić information content (AvgIpc) is 3.08. The normalized spacial score (nSPS) is 14.6. The van der Waals surface area contributed by atoms with Gasteiger partial charge in [-0.05, 0) is 60.9 Å². The van der Waals surface area contributed by atoms with Gasteiger partial charge in [-0.15, -0.1) is 0 Å². The summed E-state index contributed by atoms with van der Waals surface area (Å²) >= 11 is 0. The molecule has 1 unspecified atom stereocenters. The van der Waals surface area contributed by atoms with Crippen LogP contribution in [0.2, 0.25) is 0 Å². The number of carbonyl (C=O) groups excluding carboxylic acids is 3. The van der Waals surface area contributed by atoms with Crippen LogP contribution in [0.15, 0.2) is 53.6 Å². The fourth-order valence-corrected chi connectivity index (χ4v) is 5.34. The Morgan fingerprint density at radius 1 is 1.00 bits per heavy atom. The van der Waals surface area contributed by atoms with E-state index in [-0.39, 0.29) is 46.7 Å². The van der Waals surface area contributed by atoms with Crippen LogP contribution in [0, 0.1) is 0 Å². The predicted octanol–water partition coefficient (Wildman–Crippen LogP) is 5.47. The van der Waals surface area contributed by atoms with Crippen LogP contribution in [0.4, 0.5) is 10.5 Å². The standard InChI is InChI=1S/C37H49N5O7/c1-8-24(3)38-34(43)29-22-25(37(4,5)6)23-30(33(29)46-7)39-35(44)32(40-41-36(45)48-9-2)28-14-15-31(27-13-11-10-12-26(27)28)49-21-18-42-16-19-47-20-17-42/h10-15,22-24H,8-9,16-21H2,1-7H3,(H,38,43)(H,39,44)(H,41,45). The number of hydrogen-bond donors (Lipinski definition) is 3. The van der Waals surface area contributed by atoms with Crippen LogP contribution in [-0.2, 0) is 19.7 Å². The highest BCUT2D eigenvalue weighted by Gasteiger charge is 2.27. The number of anilines is 1. The maximum Gasteiger partial charge on any atom is 0.427 e. The molecule has 12 heteroatoms. The Morgan fingerprint density at radius 3 is 2.37 bits per heavy atom. The average molecular weight is 676 g/mol. The number of ether oxygens (including phenoxy) is 4. The van der Waals surface area contributed by atoms with Crippen LogP contribution in [0.3, 0.4) is 0 Å². The Labute approximate surface area is 288 Å². The van der Waals surface area contributed by atoms with E-state index in [1.807, 2.05) is 58.9 Å². The third-order valence-corrected chi connectivity index (χ3v) is 8.30. The molecule has 0 bridgehead atoms. The molecular formula is C37H49N5O7. The maximum atomic E-state index is 14.3. The van der Waals surface area contributed by atoms with E-state index in [1.165, 1.54) is 7.11 Å². The number of carbonyl (C=O) groups is 3. The van der Waals surface area contributed by atoms with Crippen molar-refractivity contribution in [2.45, 2.75) is 59.4 Å². The van der Waals surface area contributed by atoms with Gasteiger partial charge in [-0.3, -0.25) is 14.5 Å². The number of nitrogens with zero attached hydrogens (tertiary/aromatic N) is 2. The number of benzene rings is 3. The number of methoxy groups -OCH3 is 1. The van der Waals surface area contributed by atoms with Gasteiger partial charge in [-0.1, -0.05) is 52.0 Å². The molecule has 264 valence electrons. The predicted molar refractivity (Wildman–Crippen MR) is 191 cm³/mol. The monoisotopic (exact) mass is 675 g/mol. The number of fused-ring (bicyclic) bond motifs is 1. The van der Waals surface area contributed by atoms with Gasteiger partial charge in [0.15, 0.2) is 11.5 Å². The second kappa shape index (κ2) is 17.1. The summed E-state index contributed by atoms with van der Waals surface area (Å²) in [6.07, 6.45) is -0.0632. The highest BCUT2D eigenvalue weighted by Crippen LogP contribution is 2.36. The topological polar surface area (TPSA) is 140 Å². The van der Waals surface area contributed by atoms with Gasteiger partial charge < -0.3 is 29.6 Å². The fraction of sp³-hybridized carbons (Fsp3) is 0.459. The van der Waals surface area contributed by atoms with Gasteiger partial charge in [0.05, 0.1) is 38.2 Å². The summed E-state index contributed by atoms with van der Waals surface area (Å²) in [5, 5.41) is 11.6. The van der Waals surface area contributed by atoms with E-state index in [0.29, 0.717) is 36.5 Å². The summed E-state index contributed by atoms with van der Waals surface area (Å²) < 4.78 is 22.4. The van der Waals surface area contributed by atoms with Gasteiger partial charge in [-0.25, -0.2) is 10.2 Å². The third kappa shape index (κ3) is 9.70. The van der Waals surface area contributed by atoms with Crippen molar-refractivity contribution in [3.63, 3.8) is 0 Å². The van der Waals surface area contributed by atoms with Crippen LogP contribution in [0.25, 0.3) is 10.8 Å². The number of hydrogen-bond acceptors (Lipinski definition) is 9. The lowest BCUT2D eigenvalue weighted by molar-refractivity contribution is -0.110. The highest BCUT2D eigenvalue weighted by atomic mass is 16.5. The lowest BCUT2D eigenvalue weighted by Crippen LogP contribution is -2.38. The van der Waals surface area contributed by atoms with Crippen LogP contribution < -0.4 is 25.5 Å². The third-order valence-electron chi connectivity index (χ3n) is 8.30. The van der Waals surface area contributed by atoms with E-state index in [2.05, 4.69) is 26.1 Å². The molecule has 3 amide bonds. The second-order valence-corrected chi connectivity index (χ2v) is 12.8. The fourth-order valence-electron chi connectivity index (χ4n) is 5.34. The molecule has 1 saturated heterocycles. The van der Waals surface area contributed by atoms with Crippen molar-refractivity contribution < 1.29 is 33.3 Å². The zero-order valence-electron chi connectivity index (χ0n) is 29.6. The van der Waals surface area contributed by atoms with Crippen molar-refractivity contribution >= 4 is 40.1 Å². The molecule has 4 rings (SSSR count). The first-order valence-corrected chi connectivity index (χ1v) is 16.8. The molecule has 0 spiro atoms. The van der Waals surface area contributed by atoms with Crippen molar-refractivity contribution in [1.82, 2.24) is 15.6 Å². The minimum absolute atomic E-state index is 0.0687. The summed E-state index contributed by atoms with van der Waals surface area (Å²) in [6, 6.07) is 14.6. The number of hydrazone groups is 1. The zero-order valence-corrected chi connectivity index (χ0v) is 29.6. The summed E-state index contributed by atoms with van der Waals surface area (Å²) in [7, 11) is 1.45. The lowest BCUT2D eigenvalue weighted by Gasteiger charge is -2.26. The van der Waals surface area contributed by atoms with E-state index in [4.69, 9.17) is 18.9 Å². The molecule has 0 radical (unpaired) electrons. The number of amides is 3. The first-order chi connectivity index (χ1) is 23.5. The number of morpholine rings is 1. The molecule has 1 aliphatic heterocycles. The minimum atomic E-state index is -0.809. The Kier molecular flexibility index (Phi) is 13.0. The smallest absolute Gasteiger partial charge is 0.427 e. The van der Waals surface area contributed by atoms with E-state index in [1.54, 1.807) is 31.2 Å². The molecule has 49 heavy (non-hydrogen) atoms. The quantitative estimate of drug-likeness (QED) is 0.160. The van der Waals surface area contributed by atoms with Crippen LogP contribution in [0.1, 0.15) is 69.4 Å². The molecule has 3 aromatic rings. The maximum absolute atomic E-state index is 14.3. The van der Waals surface area contributed by atoms with Crippen molar-refractivity contribution in [2.75, 3.05) is 58.5 Å². The Balaban J connectivity index is 1.75. The van der Waals surface area contributed by atoms with Gasteiger partial charge in [0.1, 0.15) is 12.4 Å². The summed E-state index contributed by atoms with van der Waals surface area (Å²) in [5.41, 5.74) is 3.72. The van der Waals surface area contributed by atoms with E-state index in [9.17, 15) is 14.4 Å². The molecule has 0 aliphatic carbocycles. The first-order valence-electron chi connectivity index (χ1n) is 16.8. The molecule has 3 aromatic carbocycles. The molecule has 0 aromatic heterocycles. The van der Waals surface area contributed by atoms with Crippen LogP contribution >= 0.6 is 0 Å². The van der Waals surface area contributed by atoms with Crippen molar-refractivity contribution in [1.29, 1.82) is 0 Å². The van der Waals surface area contributed by atoms with E-state index >= 15 is 0 Å². The van der Waals surface area contributed by atoms with E-state index < -0.39 is 12.0 Å². The van der Waals surface area contributed by atoms with E-state index in [0.717, 1.165) is 37.0 Å². The Hall–Kier alpha value is -4.68. The zero-order chi connectivity index (χ0) is 35.6. The number of rotatable bonds is 13. The molecule has 12 nitrogen and oxygen atoms in total. The summed E-state index contributed by atoms with van der Waals surface area (Å²) in [5.74, 6) is -0.0996. The highest BCUT2D eigenvalue weighted by molar-refractivity contribution is 6.50. The summed E-state index contributed by atoms with van der Waals surface area (Å²) in [4.78, 5) is 42.3. The van der Waals surface area contributed by atoms with Gasteiger partial charge in [0.2, 0.25) is 0 Å². The molecule has 1 heterocycles. The van der Waals surface area contributed by atoms with Crippen molar-refractivity contribution in [3.8, 4) is 11.5 Å². The van der Waals surface area contributed by atoms with Crippen LogP contribution in [-0.4, -0.2) is 87.7 Å². The van der Waals surface area contributed by atoms with Crippen LogP contribution in [0.5, 0.6) is 11.5 Å². The first kappa shape index (κ1) is 37.1. The van der Waals surface area contributed by atoms with Gasteiger partial charge >= 0.3 is 6.09 Å².